The first-order valence-electron chi connectivity index (χ1n) is 11.5. The van der Waals surface area contributed by atoms with E-state index in [1.54, 1.807) is 7.11 Å². The minimum Gasteiger partial charge on any atom is -0.495 e. The van der Waals surface area contributed by atoms with E-state index in [-0.39, 0.29) is 17.8 Å². The lowest BCUT2D eigenvalue weighted by molar-refractivity contribution is -0.149. The smallest absolute Gasteiger partial charge is 0.309 e. The maximum Gasteiger partial charge on any atom is 0.309 e. The number of carbonyl (C=O) groups excluding carboxylic acids is 2. The van der Waals surface area contributed by atoms with Crippen molar-refractivity contribution < 1.29 is 19.1 Å². The molecular formula is C27H29ClN2O4. The number of piperidine rings is 1. The number of esters is 1. The number of aromatic nitrogens is 1. The van der Waals surface area contributed by atoms with Gasteiger partial charge in [-0.25, -0.2) is 0 Å². The third-order valence-corrected chi connectivity index (χ3v) is 6.60. The molecule has 0 spiro atoms. The first kappa shape index (κ1) is 23.9. The quantitative estimate of drug-likeness (QED) is 0.435. The minimum atomic E-state index is -0.168. The van der Waals surface area contributed by atoms with Crippen LogP contribution in [0, 0.1) is 12.8 Å². The lowest BCUT2D eigenvalue weighted by Crippen LogP contribution is -2.40. The predicted molar refractivity (Wildman–Crippen MR) is 133 cm³/mol. The first-order valence-corrected chi connectivity index (χ1v) is 11.9. The van der Waals surface area contributed by atoms with Crippen molar-refractivity contribution in [2.45, 2.75) is 26.7 Å². The van der Waals surface area contributed by atoms with Crippen molar-refractivity contribution in [2.75, 3.05) is 26.8 Å². The van der Waals surface area contributed by atoms with Gasteiger partial charge in [-0.1, -0.05) is 35.9 Å². The molecule has 1 aliphatic heterocycles. The van der Waals surface area contributed by atoms with Crippen LogP contribution in [-0.2, 0) is 9.53 Å². The molecule has 3 aromatic rings. The molecule has 0 atom stereocenters. The zero-order valence-corrected chi connectivity index (χ0v) is 20.5. The highest BCUT2D eigenvalue weighted by Crippen LogP contribution is 2.35. The van der Waals surface area contributed by atoms with Gasteiger partial charge in [0.1, 0.15) is 5.75 Å². The summed E-state index contributed by atoms with van der Waals surface area (Å²) >= 11 is 6.13. The maximum absolute atomic E-state index is 13.6. The Morgan fingerprint density at radius 2 is 1.74 bits per heavy atom. The van der Waals surface area contributed by atoms with Gasteiger partial charge in [0.2, 0.25) is 0 Å². The average molecular weight is 481 g/mol. The summed E-state index contributed by atoms with van der Waals surface area (Å²) in [5.41, 5.74) is 4.13. The fourth-order valence-electron chi connectivity index (χ4n) is 4.53. The third-order valence-electron chi connectivity index (χ3n) is 6.35. The third kappa shape index (κ3) is 4.68. The highest BCUT2D eigenvalue weighted by atomic mass is 35.5. The van der Waals surface area contributed by atoms with Gasteiger partial charge >= 0.3 is 5.97 Å². The number of hydrogen-bond acceptors (Lipinski definition) is 4. The number of amides is 1. The zero-order chi connectivity index (χ0) is 24.2. The SMILES string of the molecule is CCOC(=O)C1CCN(C(=O)c2cc(-c3ccc(Cl)cc3)n(-c3ccccc3OC)c2C)CC1. The fraction of sp³-hybridized carbons (Fsp3) is 0.333. The Bertz CT molecular complexity index is 1180. The standard InChI is InChI=1S/C27H29ClN2O4/c1-4-34-27(32)20-13-15-29(16-14-20)26(31)22-17-24(19-9-11-21(28)12-10-19)30(18(22)2)23-7-5-6-8-25(23)33-3/h5-12,17,20H,4,13-16H2,1-3H3. The van der Waals surface area contributed by atoms with E-state index < -0.39 is 0 Å². The molecular weight excluding hydrogens is 452 g/mol. The second kappa shape index (κ2) is 10.3. The van der Waals surface area contributed by atoms with Gasteiger partial charge in [-0.2, -0.15) is 0 Å². The van der Waals surface area contributed by atoms with E-state index in [9.17, 15) is 9.59 Å². The number of likely N-dealkylation sites (tertiary alicyclic amines) is 1. The normalized spacial score (nSPS) is 14.2. The average Bonchev–Trinajstić information content (AvgIpc) is 3.21. The second-order valence-corrected chi connectivity index (χ2v) is 8.80. The summed E-state index contributed by atoms with van der Waals surface area (Å²) in [5, 5.41) is 0.650. The molecule has 0 aliphatic carbocycles. The fourth-order valence-corrected chi connectivity index (χ4v) is 4.66. The summed E-state index contributed by atoms with van der Waals surface area (Å²) in [5.74, 6) is 0.361. The molecule has 2 aromatic carbocycles. The van der Waals surface area contributed by atoms with Gasteiger partial charge in [0.25, 0.3) is 5.91 Å². The van der Waals surface area contributed by atoms with E-state index in [1.165, 1.54) is 0 Å². The number of carbonyl (C=O) groups is 2. The maximum atomic E-state index is 13.6. The molecule has 1 aromatic heterocycles. The Labute approximate surface area is 205 Å². The Morgan fingerprint density at radius 3 is 2.38 bits per heavy atom. The zero-order valence-electron chi connectivity index (χ0n) is 19.7. The molecule has 7 heteroatoms. The Hall–Kier alpha value is -3.25. The van der Waals surface area contributed by atoms with Crippen LogP contribution in [-0.4, -0.2) is 48.1 Å². The van der Waals surface area contributed by atoms with Crippen molar-refractivity contribution in [1.82, 2.24) is 9.47 Å². The van der Waals surface area contributed by atoms with Crippen molar-refractivity contribution in [2.24, 2.45) is 5.92 Å². The van der Waals surface area contributed by atoms with E-state index in [0.29, 0.717) is 48.9 Å². The number of nitrogens with zero attached hydrogens (tertiary/aromatic N) is 2. The molecule has 0 bridgehead atoms. The van der Waals surface area contributed by atoms with Crippen LogP contribution in [0.3, 0.4) is 0 Å². The summed E-state index contributed by atoms with van der Waals surface area (Å²) in [6, 6.07) is 17.3. The minimum absolute atomic E-state index is 0.0383. The summed E-state index contributed by atoms with van der Waals surface area (Å²) in [6.07, 6.45) is 1.22. The summed E-state index contributed by atoms with van der Waals surface area (Å²) in [6.45, 7) is 5.19. The first-order chi connectivity index (χ1) is 16.4. The van der Waals surface area contributed by atoms with Crippen molar-refractivity contribution in [3.05, 3.63) is 70.9 Å². The van der Waals surface area contributed by atoms with Gasteiger partial charge < -0.3 is 18.9 Å². The van der Waals surface area contributed by atoms with Gasteiger partial charge in [0.05, 0.1) is 36.6 Å². The molecule has 4 rings (SSSR count). The van der Waals surface area contributed by atoms with Crippen LogP contribution >= 0.6 is 11.6 Å². The number of methoxy groups -OCH3 is 1. The highest BCUT2D eigenvalue weighted by molar-refractivity contribution is 6.30. The van der Waals surface area contributed by atoms with Crippen LogP contribution in [0.2, 0.25) is 5.02 Å². The number of ether oxygens (including phenoxy) is 2. The van der Waals surface area contributed by atoms with E-state index in [2.05, 4.69) is 4.57 Å². The predicted octanol–water partition coefficient (Wildman–Crippen LogP) is 5.53. The topological polar surface area (TPSA) is 60.8 Å². The molecule has 1 aliphatic rings. The highest BCUT2D eigenvalue weighted by Gasteiger charge is 2.31. The summed E-state index contributed by atoms with van der Waals surface area (Å²) in [4.78, 5) is 27.5. The van der Waals surface area contributed by atoms with Crippen LogP contribution in [0.25, 0.3) is 16.9 Å². The van der Waals surface area contributed by atoms with Crippen molar-refractivity contribution in [1.29, 1.82) is 0 Å². The second-order valence-electron chi connectivity index (χ2n) is 8.36. The molecule has 0 unspecified atom stereocenters. The van der Waals surface area contributed by atoms with Gasteiger partial charge in [0, 0.05) is 23.8 Å². The van der Waals surface area contributed by atoms with E-state index in [4.69, 9.17) is 21.1 Å². The number of hydrogen-bond donors (Lipinski definition) is 0. The largest absolute Gasteiger partial charge is 0.495 e. The Morgan fingerprint density at radius 1 is 1.06 bits per heavy atom. The monoisotopic (exact) mass is 480 g/mol. The van der Waals surface area contributed by atoms with Crippen LogP contribution in [0.15, 0.2) is 54.6 Å². The van der Waals surface area contributed by atoms with Gasteiger partial charge in [-0.05, 0) is 62.6 Å². The van der Waals surface area contributed by atoms with E-state index >= 15 is 0 Å². The van der Waals surface area contributed by atoms with Crippen LogP contribution in [0.4, 0.5) is 0 Å². The van der Waals surface area contributed by atoms with Crippen molar-refractivity contribution in [3.63, 3.8) is 0 Å². The molecule has 0 N–H and O–H groups in total. The Kier molecular flexibility index (Phi) is 7.27. The molecule has 34 heavy (non-hydrogen) atoms. The Balaban J connectivity index is 1.71. The number of halogens is 1. The molecule has 1 saturated heterocycles. The van der Waals surface area contributed by atoms with Gasteiger partial charge in [0.15, 0.2) is 0 Å². The molecule has 178 valence electrons. The van der Waals surface area contributed by atoms with Crippen LogP contribution in [0.1, 0.15) is 35.8 Å². The number of para-hydroxylation sites is 2. The molecule has 1 amide bonds. The van der Waals surface area contributed by atoms with Gasteiger partial charge in [-0.3, -0.25) is 9.59 Å². The van der Waals surface area contributed by atoms with Crippen molar-refractivity contribution >= 4 is 23.5 Å². The van der Waals surface area contributed by atoms with Crippen LogP contribution in [0.5, 0.6) is 5.75 Å². The summed E-state index contributed by atoms with van der Waals surface area (Å²) < 4.78 is 12.8. The molecule has 0 saturated carbocycles. The van der Waals surface area contributed by atoms with Gasteiger partial charge in [-0.15, -0.1) is 0 Å². The van der Waals surface area contributed by atoms with E-state index in [1.807, 2.05) is 73.3 Å². The summed E-state index contributed by atoms with van der Waals surface area (Å²) in [7, 11) is 1.64. The molecule has 1 fully saturated rings. The van der Waals surface area contributed by atoms with E-state index in [0.717, 1.165) is 22.6 Å². The van der Waals surface area contributed by atoms with Crippen LogP contribution < -0.4 is 4.74 Å². The van der Waals surface area contributed by atoms with Crippen molar-refractivity contribution in [3.8, 4) is 22.7 Å². The molecule has 2 heterocycles. The molecule has 0 radical (unpaired) electrons. The number of benzene rings is 2. The molecule has 6 nitrogen and oxygen atoms in total. The lowest BCUT2D eigenvalue weighted by Gasteiger charge is -2.31. The lowest BCUT2D eigenvalue weighted by atomic mass is 9.96. The number of rotatable bonds is 6.